The molecule has 0 aliphatic carbocycles. The summed E-state index contributed by atoms with van der Waals surface area (Å²) >= 11 is 0. The maximum Gasteiger partial charge on any atom is 0.227 e. The first kappa shape index (κ1) is 13.4. The van der Waals surface area contributed by atoms with E-state index in [0.29, 0.717) is 0 Å². The normalized spacial score (nSPS) is 10.1. The minimum Gasteiger partial charge on any atom is -1.00 e. The van der Waals surface area contributed by atoms with Crippen molar-refractivity contribution >= 4 is 6.21 Å². The van der Waals surface area contributed by atoms with Gasteiger partial charge in [0.1, 0.15) is 6.21 Å². The Kier molecular flexibility index (Phi) is 5.36. The Hall–Kier alpha value is -1.68. The maximum atomic E-state index is 8.57. The van der Waals surface area contributed by atoms with Crippen LogP contribution in [-0.2, 0) is 6.54 Å². The van der Waals surface area contributed by atoms with Crippen molar-refractivity contribution in [1.29, 1.82) is 0 Å². The quantitative estimate of drug-likeness (QED) is 0.329. The number of rotatable bonds is 3. The predicted molar refractivity (Wildman–Crippen MR) is 61.6 cm³/mol. The Labute approximate surface area is 111 Å². The summed E-state index contributed by atoms with van der Waals surface area (Å²) in [5.74, 6) is 0. The second kappa shape index (κ2) is 6.81. The van der Waals surface area contributed by atoms with Crippen LogP contribution in [0.1, 0.15) is 11.3 Å². The highest BCUT2D eigenvalue weighted by Gasteiger charge is 2.07. The zero-order chi connectivity index (χ0) is 11.2. The summed E-state index contributed by atoms with van der Waals surface area (Å²) in [5.41, 5.74) is 2.08. The molecular formula is C13H13BrN2O. The van der Waals surface area contributed by atoms with Gasteiger partial charge in [0.15, 0.2) is 12.7 Å². The van der Waals surface area contributed by atoms with Gasteiger partial charge in [0.2, 0.25) is 5.69 Å². The summed E-state index contributed by atoms with van der Waals surface area (Å²) < 4.78 is 2.02. The summed E-state index contributed by atoms with van der Waals surface area (Å²) in [6.07, 6.45) is 3.40. The SMILES string of the molecule is ON=Cc1cccc[n+]1Cc1ccccc1.[Br-]. The molecule has 0 amide bonds. The molecule has 0 spiro atoms. The summed E-state index contributed by atoms with van der Waals surface area (Å²) in [5, 5.41) is 11.6. The van der Waals surface area contributed by atoms with Gasteiger partial charge in [-0.25, -0.2) is 0 Å². The summed E-state index contributed by atoms with van der Waals surface area (Å²) in [6.45, 7) is 0.767. The number of benzene rings is 1. The first-order valence-electron chi connectivity index (χ1n) is 5.10. The van der Waals surface area contributed by atoms with Gasteiger partial charge >= 0.3 is 0 Å². The molecule has 0 unspecified atom stereocenters. The molecule has 0 atom stereocenters. The molecule has 0 saturated carbocycles. The highest BCUT2D eigenvalue weighted by Crippen LogP contribution is 1.98. The second-order valence-corrected chi connectivity index (χ2v) is 3.48. The lowest BCUT2D eigenvalue weighted by atomic mass is 10.2. The van der Waals surface area contributed by atoms with Crippen molar-refractivity contribution in [3.63, 3.8) is 0 Å². The molecular weight excluding hydrogens is 280 g/mol. The number of hydrogen-bond acceptors (Lipinski definition) is 2. The predicted octanol–water partition coefficient (Wildman–Crippen LogP) is -1.17. The van der Waals surface area contributed by atoms with Gasteiger partial charge in [0, 0.05) is 17.7 Å². The fourth-order valence-electron chi connectivity index (χ4n) is 1.59. The molecule has 1 heterocycles. The Bertz CT molecular complexity index is 486. The molecule has 0 aliphatic rings. The number of nitrogens with zero attached hydrogens (tertiary/aromatic N) is 2. The van der Waals surface area contributed by atoms with E-state index in [1.165, 1.54) is 11.8 Å². The van der Waals surface area contributed by atoms with Crippen LogP contribution in [0.2, 0.25) is 0 Å². The molecule has 0 radical (unpaired) electrons. The Balaban J connectivity index is 0.00000144. The van der Waals surface area contributed by atoms with Crippen LogP contribution in [-0.4, -0.2) is 11.4 Å². The van der Waals surface area contributed by atoms with Crippen LogP contribution in [0.25, 0.3) is 0 Å². The maximum absolute atomic E-state index is 8.57. The molecule has 4 heteroatoms. The fourth-order valence-corrected chi connectivity index (χ4v) is 1.59. The van der Waals surface area contributed by atoms with E-state index in [2.05, 4.69) is 17.3 Å². The second-order valence-electron chi connectivity index (χ2n) is 3.48. The lowest BCUT2D eigenvalue weighted by Crippen LogP contribution is -3.00. The lowest BCUT2D eigenvalue weighted by molar-refractivity contribution is -0.689. The summed E-state index contributed by atoms with van der Waals surface area (Å²) in [4.78, 5) is 0. The van der Waals surface area contributed by atoms with Crippen LogP contribution in [0.5, 0.6) is 0 Å². The molecule has 17 heavy (non-hydrogen) atoms. The first-order valence-corrected chi connectivity index (χ1v) is 5.10. The van der Waals surface area contributed by atoms with Crippen LogP contribution < -0.4 is 21.5 Å². The number of oxime groups is 1. The average molecular weight is 293 g/mol. The molecule has 1 aromatic carbocycles. The third-order valence-electron chi connectivity index (χ3n) is 2.36. The molecule has 2 rings (SSSR count). The molecule has 88 valence electrons. The van der Waals surface area contributed by atoms with E-state index in [-0.39, 0.29) is 17.0 Å². The highest BCUT2D eigenvalue weighted by atomic mass is 79.9. The lowest BCUT2D eigenvalue weighted by Gasteiger charge is -1.99. The van der Waals surface area contributed by atoms with Crippen LogP contribution in [0.15, 0.2) is 59.9 Å². The molecule has 2 aromatic rings. The molecule has 0 fully saturated rings. The van der Waals surface area contributed by atoms with Gasteiger partial charge in [-0.3, -0.25) is 0 Å². The van der Waals surface area contributed by atoms with Crippen molar-refractivity contribution in [3.8, 4) is 0 Å². The van der Waals surface area contributed by atoms with Gasteiger partial charge in [-0.2, -0.15) is 4.57 Å². The monoisotopic (exact) mass is 292 g/mol. The smallest absolute Gasteiger partial charge is 0.227 e. The minimum atomic E-state index is 0. The van der Waals surface area contributed by atoms with Gasteiger partial charge in [-0.1, -0.05) is 35.5 Å². The highest BCUT2D eigenvalue weighted by molar-refractivity contribution is 5.74. The summed E-state index contributed by atoms with van der Waals surface area (Å²) in [6, 6.07) is 15.9. The minimum absolute atomic E-state index is 0. The standard InChI is InChI=1S/C13H12N2O.BrH/c16-14-10-13-8-4-5-9-15(13)11-12-6-2-1-3-7-12;/h1-10H,11H2;1H. The van der Waals surface area contributed by atoms with Crippen molar-refractivity contribution < 1.29 is 26.8 Å². The van der Waals surface area contributed by atoms with Gasteiger partial charge in [0.25, 0.3) is 0 Å². The molecule has 1 N–H and O–H groups in total. The molecule has 0 bridgehead atoms. The third kappa shape index (κ3) is 3.67. The van der Waals surface area contributed by atoms with E-state index >= 15 is 0 Å². The number of halogens is 1. The van der Waals surface area contributed by atoms with E-state index in [1.54, 1.807) is 0 Å². The van der Waals surface area contributed by atoms with Crippen molar-refractivity contribution in [3.05, 3.63) is 66.0 Å². The Morgan fingerprint density at radius 3 is 2.47 bits per heavy atom. The zero-order valence-corrected chi connectivity index (χ0v) is 10.8. The Morgan fingerprint density at radius 1 is 1.06 bits per heavy atom. The van der Waals surface area contributed by atoms with Gasteiger partial charge < -0.3 is 22.2 Å². The van der Waals surface area contributed by atoms with Gasteiger partial charge in [-0.15, -0.1) is 0 Å². The Morgan fingerprint density at radius 2 is 1.76 bits per heavy atom. The van der Waals surface area contributed by atoms with Crippen LogP contribution in [0.3, 0.4) is 0 Å². The molecule has 3 nitrogen and oxygen atoms in total. The molecule has 1 aromatic heterocycles. The third-order valence-corrected chi connectivity index (χ3v) is 2.36. The zero-order valence-electron chi connectivity index (χ0n) is 9.20. The van der Waals surface area contributed by atoms with E-state index in [1.807, 2.05) is 47.2 Å². The van der Waals surface area contributed by atoms with Crippen molar-refractivity contribution in [2.75, 3.05) is 0 Å². The van der Waals surface area contributed by atoms with E-state index < -0.39 is 0 Å². The van der Waals surface area contributed by atoms with Crippen LogP contribution in [0.4, 0.5) is 0 Å². The van der Waals surface area contributed by atoms with Crippen molar-refractivity contribution in [1.82, 2.24) is 0 Å². The first-order chi connectivity index (χ1) is 7.90. The van der Waals surface area contributed by atoms with E-state index in [0.717, 1.165) is 12.2 Å². The van der Waals surface area contributed by atoms with Crippen LogP contribution in [0, 0.1) is 0 Å². The van der Waals surface area contributed by atoms with Crippen molar-refractivity contribution in [2.45, 2.75) is 6.54 Å². The van der Waals surface area contributed by atoms with E-state index in [4.69, 9.17) is 5.21 Å². The summed E-state index contributed by atoms with van der Waals surface area (Å²) in [7, 11) is 0. The van der Waals surface area contributed by atoms with Crippen LogP contribution >= 0.6 is 0 Å². The van der Waals surface area contributed by atoms with Crippen molar-refractivity contribution in [2.24, 2.45) is 5.16 Å². The molecule has 0 saturated heterocycles. The van der Waals surface area contributed by atoms with Gasteiger partial charge in [-0.05, 0) is 6.07 Å². The number of aromatic nitrogens is 1. The van der Waals surface area contributed by atoms with E-state index in [9.17, 15) is 0 Å². The average Bonchev–Trinajstić information content (AvgIpc) is 2.33. The largest absolute Gasteiger partial charge is 1.00 e. The topological polar surface area (TPSA) is 36.5 Å². The number of hydrogen-bond donors (Lipinski definition) is 1. The molecule has 0 aliphatic heterocycles. The fraction of sp³-hybridized carbons (Fsp3) is 0.0769. The number of pyridine rings is 1. The van der Waals surface area contributed by atoms with Gasteiger partial charge in [0.05, 0.1) is 0 Å².